The van der Waals surface area contributed by atoms with Gasteiger partial charge in [0.25, 0.3) is 0 Å². The van der Waals surface area contributed by atoms with E-state index in [1.54, 1.807) is 29.2 Å². The van der Waals surface area contributed by atoms with Crippen LogP contribution >= 0.6 is 0 Å². The minimum absolute atomic E-state index is 0.0256. The van der Waals surface area contributed by atoms with Gasteiger partial charge in [0, 0.05) is 54.5 Å². The quantitative estimate of drug-likeness (QED) is 0.464. The molecule has 34 heavy (non-hydrogen) atoms. The predicted molar refractivity (Wildman–Crippen MR) is 120 cm³/mol. The number of benzene rings is 1. The number of anilines is 1. The number of hydrogen-bond donors (Lipinski definition) is 4. The smallest absolute Gasteiger partial charge is 0.391 e. The Morgan fingerprint density at radius 1 is 1.21 bits per heavy atom. The lowest BCUT2D eigenvalue weighted by Crippen LogP contribution is -2.52. The van der Waals surface area contributed by atoms with E-state index in [0.717, 1.165) is 11.7 Å². The van der Waals surface area contributed by atoms with Crippen LogP contribution in [0.5, 0.6) is 0 Å². The number of alkyl halides is 3. The minimum atomic E-state index is -4.60. The van der Waals surface area contributed by atoms with Crippen molar-refractivity contribution < 1.29 is 23.1 Å². The van der Waals surface area contributed by atoms with Crippen molar-refractivity contribution in [3.05, 3.63) is 42.2 Å². The third-order valence-electron chi connectivity index (χ3n) is 6.46. The zero-order chi connectivity index (χ0) is 23.9. The summed E-state index contributed by atoms with van der Waals surface area (Å²) in [5, 5.41) is 16.6. The summed E-state index contributed by atoms with van der Waals surface area (Å²) in [6.45, 7) is 1.35. The first-order valence-electron chi connectivity index (χ1n) is 11.3. The van der Waals surface area contributed by atoms with Gasteiger partial charge < -0.3 is 25.6 Å². The topological polar surface area (TPSA) is 106 Å². The molecule has 3 atom stereocenters. The van der Waals surface area contributed by atoms with Crippen molar-refractivity contribution >= 4 is 22.8 Å². The number of likely N-dealkylation sites (tertiary alicyclic amines) is 1. The van der Waals surface area contributed by atoms with Crippen molar-refractivity contribution in [1.82, 2.24) is 25.2 Å². The van der Waals surface area contributed by atoms with Crippen molar-refractivity contribution in [1.29, 1.82) is 0 Å². The van der Waals surface area contributed by atoms with E-state index in [1.165, 1.54) is 6.20 Å². The second-order valence-electron chi connectivity index (χ2n) is 8.81. The van der Waals surface area contributed by atoms with Gasteiger partial charge in [-0.1, -0.05) is 18.2 Å². The Morgan fingerprint density at radius 3 is 2.74 bits per heavy atom. The highest BCUT2D eigenvalue weighted by Crippen LogP contribution is 2.38. The number of nitrogens with one attached hydrogen (secondary N) is 3. The third kappa shape index (κ3) is 4.45. The second kappa shape index (κ2) is 8.88. The van der Waals surface area contributed by atoms with E-state index in [-0.39, 0.29) is 29.6 Å². The van der Waals surface area contributed by atoms with Gasteiger partial charge in [-0.25, -0.2) is 9.97 Å². The van der Waals surface area contributed by atoms with Crippen LogP contribution in [-0.4, -0.2) is 68.7 Å². The average Bonchev–Trinajstić information content (AvgIpc) is 3.45. The summed E-state index contributed by atoms with van der Waals surface area (Å²) in [6.07, 6.45) is -0.939. The Labute approximate surface area is 193 Å². The first-order valence-corrected chi connectivity index (χ1v) is 11.3. The van der Waals surface area contributed by atoms with Crippen LogP contribution in [0.2, 0.25) is 0 Å². The molecule has 2 saturated heterocycles. The molecule has 180 valence electrons. The van der Waals surface area contributed by atoms with Crippen LogP contribution in [0, 0.1) is 0 Å². The molecule has 0 radical (unpaired) electrons. The molecule has 11 heteroatoms. The van der Waals surface area contributed by atoms with Gasteiger partial charge in [0.05, 0.1) is 17.8 Å². The van der Waals surface area contributed by atoms with Crippen LogP contribution in [0.3, 0.4) is 0 Å². The lowest BCUT2D eigenvalue weighted by atomic mass is 10.00. The van der Waals surface area contributed by atoms with Gasteiger partial charge in [-0.2, -0.15) is 13.2 Å². The van der Waals surface area contributed by atoms with E-state index < -0.39 is 17.8 Å². The van der Waals surface area contributed by atoms with E-state index in [9.17, 15) is 23.1 Å². The fourth-order valence-corrected chi connectivity index (χ4v) is 4.67. The number of fused-ring (bicyclic) bond motifs is 1. The molecule has 5 rings (SSSR count). The summed E-state index contributed by atoms with van der Waals surface area (Å²) >= 11 is 0. The average molecular weight is 474 g/mol. The Hall–Kier alpha value is -3.18. The van der Waals surface area contributed by atoms with E-state index in [1.807, 2.05) is 0 Å². The van der Waals surface area contributed by atoms with Gasteiger partial charge in [0.2, 0.25) is 11.9 Å². The van der Waals surface area contributed by atoms with Crippen LogP contribution in [0.1, 0.15) is 24.8 Å². The molecule has 1 amide bonds. The molecule has 2 aromatic heterocycles. The van der Waals surface area contributed by atoms with Gasteiger partial charge >= 0.3 is 6.18 Å². The zero-order valence-electron chi connectivity index (χ0n) is 18.3. The number of aliphatic hydroxyl groups excluding tert-OH is 1. The number of H-pyrrole nitrogens is 1. The van der Waals surface area contributed by atoms with Crippen LogP contribution in [0.4, 0.5) is 19.1 Å². The molecule has 1 aromatic carbocycles. The van der Waals surface area contributed by atoms with Crippen LogP contribution < -0.4 is 10.6 Å². The number of rotatable bonds is 4. The lowest BCUT2D eigenvalue weighted by Gasteiger charge is -2.32. The summed E-state index contributed by atoms with van der Waals surface area (Å²) in [7, 11) is 0. The molecule has 0 bridgehead atoms. The Morgan fingerprint density at radius 2 is 2.03 bits per heavy atom. The Bertz CT molecular complexity index is 1190. The van der Waals surface area contributed by atoms with E-state index in [4.69, 9.17) is 0 Å². The Balaban J connectivity index is 1.32. The van der Waals surface area contributed by atoms with Crippen molar-refractivity contribution in [2.24, 2.45) is 0 Å². The standard InChI is InChI=1S/C23H25F3N6O2/c24-23(25,26)17-11-29-22(31-20(17)16-10-28-18-4-2-1-3-15(16)18)30-13-5-6-19(27-9-13)21(34)32-8-7-14(33)12-32/h1-4,10-11,13-14,19,27-28,33H,5-9,12H2,(H,29,30,31)/t13-,14-,19+/m0/s1. The van der Waals surface area contributed by atoms with E-state index >= 15 is 0 Å². The maximum absolute atomic E-state index is 13.7. The van der Waals surface area contributed by atoms with Crippen molar-refractivity contribution in [3.63, 3.8) is 0 Å². The van der Waals surface area contributed by atoms with Crippen molar-refractivity contribution in [3.8, 4) is 11.3 Å². The molecular formula is C23H25F3N6O2. The molecule has 2 aliphatic rings. The number of β-amino-alcohol motifs (C(OH)–C–C–N with tert-alkyl or cyclic N) is 1. The number of carbonyl (C=O) groups is 1. The molecule has 0 saturated carbocycles. The first kappa shape index (κ1) is 22.6. The molecule has 4 heterocycles. The second-order valence-corrected chi connectivity index (χ2v) is 8.81. The van der Waals surface area contributed by atoms with Gasteiger partial charge in [-0.3, -0.25) is 4.79 Å². The van der Waals surface area contributed by atoms with Crippen LogP contribution in [0.15, 0.2) is 36.7 Å². The fraction of sp³-hybridized carbons (Fsp3) is 0.435. The summed E-state index contributed by atoms with van der Waals surface area (Å²) < 4.78 is 41.2. The van der Waals surface area contributed by atoms with Crippen LogP contribution in [0.25, 0.3) is 22.2 Å². The highest BCUT2D eigenvalue weighted by molar-refractivity contribution is 5.95. The summed E-state index contributed by atoms with van der Waals surface area (Å²) in [4.78, 5) is 25.5. The summed E-state index contributed by atoms with van der Waals surface area (Å²) in [6, 6.07) is 6.64. The van der Waals surface area contributed by atoms with Gasteiger partial charge in [0.1, 0.15) is 5.56 Å². The van der Waals surface area contributed by atoms with Gasteiger partial charge in [0.15, 0.2) is 0 Å². The highest BCUT2D eigenvalue weighted by atomic mass is 19.4. The number of carbonyl (C=O) groups excluding carboxylic acids is 1. The number of piperidine rings is 1. The number of hydrogen-bond acceptors (Lipinski definition) is 6. The number of para-hydroxylation sites is 1. The third-order valence-corrected chi connectivity index (χ3v) is 6.46. The summed E-state index contributed by atoms with van der Waals surface area (Å²) in [5.74, 6) is 0.0786. The van der Waals surface area contributed by atoms with Gasteiger partial charge in [-0.15, -0.1) is 0 Å². The van der Waals surface area contributed by atoms with Crippen LogP contribution in [-0.2, 0) is 11.0 Å². The summed E-state index contributed by atoms with van der Waals surface area (Å²) in [5.41, 5.74) is -0.0139. The highest BCUT2D eigenvalue weighted by Gasteiger charge is 2.37. The number of aromatic amines is 1. The first-order chi connectivity index (χ1) is 16.3. The number of nitrogens with zero attached hydrogens (tertiary/aromatic N) is 3. The number of amides is 1. The molecule has 3 aromatic rings. The largest absolute Gasteiger partial charge is 0.419 e. The number of halogens is 3. The zero-order valence-corrected chi connectivity index (χ0v) is 18.3. The molecule has 4 N–H and O–H groups in total. The molecule has 0 unspecified atom stereocenters. The van der Waals surface area contributed by atoms with Crippen molar-refractivity contribution in [2.75, 3.05) is 25.0 Å². The predicted octanol–water partition coefficient (Wildman–Crippen LogP) is 2.77. The van der Waals surface area contributed by atoms with Gasteiger partial charge in [-0.05, 0) is 25.3 Å². The van der Waals surface area contributed by atoms with Crippen molar-refractivity contribution in [2.45, 2.75) is 43.6 Å². The number of aromatic nitrogens is 3. The van der Waals surface area contributed by atoms with E-state index in [2.05, 4.69) is 25.6 Å². The Kier molecular flexibility index (Phi) is 5.90. The molecule has 0 spiro atoms. The minimum Gasteiger partial charge on any atom is -0.391 e. The molecule has 2 aliphatic heterocycles. The molecule has 2 fully saturated rings. The number of aliphatic hydroxyl groups is 1. The molecular weight excluding hydrogens is 449 g/mol. The lowest BCUT2D eigenvalue weighted by molar-refractivity contribution is -0.137. The monoisotopic (exact) mass is 474 g/mol. The van der Waals surface area contributed by atoms with E-state index in [0.29, 0.717) is 49.8 Å². The normalized spacial score (nSPS) is 23.4. The molecule has 8 nitrogen and oxygen atoms in total. The molecule has 0 aliphatic carbocycles. The maximum Gasteiger partial charge on any atom is 0.419 e. The maximum atomic E-state index is 13.7. The fourth-order valence-electron chi connectivity index (χ4n) is 4.67. The SMILES string of the molecule is O=C([C@H]1CC[C@H](Nc2ncc(C(F)(F)F)c(-c3c[nH]c4ccccc34)n2)CN1)N1CC[C@H](O)C1.